The summed E-state index contributed by atoms with van der Waals surface area (Å²) in [5.41, 5.74) is -0.0150. The first kappa shape index (κ1) is 10.3. The number of carbonyl (C=O) groups is 1. The molecular weight excluding hydrogens is 181 g/mol. The maximum Gasteiger partial charge on any atom is 0.154 e. The lowest BCUT2D eigenvalue weighted by atomic mass is 9.71. The third-order valence-electron chi connectivity index (χ3n) is 1.72. The van der Waals surface area contributed by atoms with Crippen molar-refractivity contribution in [3.05, 3.63) is 5.56 Å². The maximum absolute atomic E-state index is 10.5. The highest BCUT2D eigenvalue weighted by atomic mass is 32.1. The Morgan fingerprint density at radius 3 is 2.15 bits per heavy atom. The van der Waals surface area contributed by atoms with Gasteiger partial charge in [-0.25, -0.2) is 0 Å². The minimum atomic E-state index is -0.383. The lowest BCUT2D eigenvalue weighted by molar-refractivity contribution is 0.111. The molecule has 0 aliphatic heterocycles. The fourth-order valence-corrected chi connectivity index (χ4v) is 1.19. The van der Waals surface area contributed by atoms with Gasteiger partial charge in [0, 0.05) is 4.90 Å². The van der Waals surface area contributed by atoms with E-state index in [-0.39, 0.29) is 32.6 Å². The van der Waals surface area contributed by atoms with Crippen LogP contribution in [0.5, 0.6) is 5.75 Å². The van der Waals surface area contributed by atoms with E-state index in [4.69, 9.17) is 23.5 Å². The number of rotatable bonds is 1. The Kier molecular flexibility index (Phi) is 2.81. The molecule has 0 saturated carbocycles. The van der Waals surface area contributed by atoms with Gasteiger partial charge >= 0.3 is 0 Å². The quantitative estimate of drug-likeness (QED) is 0.297. The molecule has 1 N–H and O–H groups in total. The lowest BCUT2D eigenvalue weighted by Gasteiger charge is -2.13. The van der Waals surface area contributed by atoms with Gasteiger partial charge < -0.3 is 5.11 Å². The molecular formula is C7H3B3O2S. The molecule has 0 aromatic heterocycles. The van der Waals surface area contributed by atoms with Gasteiger partial charge in [-0.1, -0.05) is 10.9 Å². The molecule has 0 amide bonds. The van der Waals surface area contributed by atoms with Crippen molar-refractivity contribution in [2.75, 3.05) is 0 Å². The minimum absolute atomic E-state index is 0.0353. The first-order valence-corrected chi connectivity index (χ1v) is 3.78. The van der Waals surface area contributed by atoms with Crippen LogP contribution in [0.2, 0.25) is 0 Å². The molecule has 1 rings (SSSR count). The van der Waals surface area contributed by atoms with Gasteiger partial charge in [0.15, 0.2) is 6.29 Å². The fourth-order valence-electron chi connectivity index (χ4n) is 0.914. The van der Waals surface area contributed by atoms with Gasteiger partial charge in [-0.15, -0.1) is 18.1 Å². The molecule has 6 radical (unpaired) electrons. The molecule has 0 aliphatic carbocycles. The molecule has 58 valence electrons. The van der Waals surface area contributed by atoms with Crippen LogP contribution in [-0.2, 0) is 0 Å². The van der Waals surface area contributed by atoms with E-state index in [0.717, 1.165) is 0 Å². The van der Waals surface area contributed by atoms with Crippen molar-refractivity contribution >= 4 is 58.8 Å². The Balaban J connectivity index is 3.66. The van der Waals surface area contributed by atoms with Gasteiger partial charge in [0.2, 0.25) is 0 Å². The lowest BCUT2D eigenvalue weighted by Crippen LogP contribution is -2.40. The van der Waals surface area contributed by atoms with Crippen LogP contribution >= 0.6 is 12.6 Å². The molecule has 0 bridgehead atoms. The summed E-state index contributed by atoms with van der Waals surface area (Å²) < 4.78 is 0. The average molecular weight is 184 g/mol. The normalized spacial score (nSPS) is 9.92. The van der Waals surface area contributed by atoms with Gasteiger partial charge in [0.05, 0.1) is 5.56 Å². The SMILES string of the molecule is [B]c1c([B])c(O)c(C=O)c(S)c1[B]. The number of hydrogen-bond donors (Lipinski definition) is 2. The van der Waals surface area contributed by atoms with Crippen molar-refractivity contribution in [1.29, 1.82) is 0 Å². The Morgan fingerprint density at radius 1 is 1.15 bits per heavy atom. The van der Waals surface area contributed by atoms with E-state index in [1.165, 1.54) is 0 Å². The molecule has 1 aromatic rings. The molecule has 2 nitrogen and oxygen atoms in total. The third-order valence-corrected chi connectivity index (χ3v) is 2.20. The number of hydrogen-bond acceptors (Lipinski definition) is 3. The molecule has 0 saturated heterocycles. The Labute approximate surface area is 85.4 Å². The van der Waals surface area contributed by atoms with Crippen molar-refractivity contribution in [1.82, 2.24) is 0 Å². The van der Waals surface area contributed by atoms with E-state index in [1.807, 2.05) is 0 Å². The zero-order chi connectivity index (χ0) is 10.2. The second-order valence-corrected chi connectivity index (χ2v) is 2.92. The van der Waals surface area contributed by atoms with Crippen molar-refractivity contribution in [3.8, 4) is 5.75 Å². The highest BCUT2D eigenvalue weighted by Gasteiger charge is 2.12. The number of aldehydes is 1. The molecule has 6 heteroatoms. The Hall–Kier alpha value is -0.765. The zero-order valence-corrected chi connectivity index (χ0v) is 7.51. The van der Waals surface area contributed by atoms with Crippen molar-refractivity contribution < 1.29 is 9.90 Å². The number of carbonyl (C=O) groups excluding carboxylic acids is 1. The first-order chi connectivity index (χ1) is 6.00. The molecule has 0 unspecified atom stereocenters. The zero-order valence-electron chi connectivity index (χ0n) is 6.61. The van der Waals surface area contributed by atoms with Gasteiger partial charge in [-0.2, -0.15) is 0 Å². The summed E-state index contributed by atoms with van der Waals surface area (Å²) in [5.74, 6) is -0.383. The van der Waals surface area contributed by atoms with E-state index >= 15 is 0 Å². The average Bonchev–Trinajstić information content (AvgIpc) is 2.13. The summed E-state index contributed by atoms with van der Waals surface area (Å²) >= 11 is 3.93. The molecule has 13 heavy (non-hydrogen) atoms. The van der Waals surface area contributed by atoms with Crippen LogP contribution in [0.25, 0.3) is 0 Å². The van der Waals surface area contributed by atoms with Crippen molar-refractivity contribution in [2.24, 2.45) is 0 Å². The van der Waals surface area contributed by atoms with Crippen molar-refractivity contribution in [3.63, 3.8) is 0 Å². The van der Waals surface area contributed by atoms with Gasteiger partial charge in [0.1, 0.15) is 29.3 Å². The van der Waals surface area contributed by atoms with Crippen LogP contribution < -0.4 is 16.4 Å². The predicted molar refractivity (Wildman–Crippen MR) is 56.9 cm³/mol. The predicted octanol–water partition coefficient (Wildman–Crippen LogP) is -2.13. The highest BCUT2D eigenvalue weighted by Crippen LogP contribution is 2.16. The molecule has 0 fully saturated rings. The standard InChI is InChI=1S/C7H3B3O2S/c8-3-4(9)6(12)2(1-11)7(13)5(3)10/h1,12-13H. The molecule has 1 aromatic carbocycles. The van der Waals surface area contributed by atoms with Crippen molar-refractivity contribution in [2.45, 2.75) is 4.90 Å². The largest absolute Gasteiger partial charge is 0.508 e. The fraction of sp³-hybridized carbons (Fsp3) is 0. The summed E-state index contributed by atoms with van der Waals surface area (Å²) in [6, 6.07) is 0. The molecule has 0 spiro atoms. The summed E-state index contributed by atoms with van der Waals surface area (Å²) in [7, 11) is 16.3. The monoisotopic (exact) mass is 184 g/mol. The minimum Gasteiger partial charge on any atom is -0.508 e. The van der Waals surface area contributed by atoms with Crippen LogP contribution in [0, 0.1) is 0 Å². The van der Waals surface area contributed by atoms with E-state index in [2.05, 4.69) is 12.6 Å². The van der Waals surface area contributed by atoms with Gasteiger partial charge in [-0.05, 0) is 0 Å². The van der Waals surface area contributed by atoms with E-state index in [1.54, 1.807) is 0 Å². The number of phenolic OH excluding ortho intramolecular Hbond substituents is 1. The second kappa shape index (κ2) is 3.54. The Morgan fingerprint density at radius 2 is 1.69 bits per heavy atom. The van der Waals surface area contributed by atoms with E-state index < -0.39 is 0 Å². The first-order valence-electron chi connectivity index (χ1n) is 3.34. The number of phenols is 1. The van der Waals surface area contributed by atoms with Gasteiger partial charge in [0.25, 0.3) is 0 Å². The summed E-state index contributed by atoms with van der Waals surface area (Å²) in [6.07, 6.45) is 0.420. The van der Waals surface area contributed by atoms with Crippen LogP contribution in [0.3, 0.4) is 0 Å². The smallest absolute Gasteiger partial charge is 0.154 e. The number of thiol groups is 1. The van der Waals surface area contributed by atoms with Crippen LogP contribution in [-0.4, -0.2) is 34.9 Å². The van der Waals surface area contributed by atoms with Crippen LogP contribution in [0.15, 0.2) is 4.90 Å². The second-order valence-electron chi connectivity index (χ2n) is 2.47. The van der Waals surface area contributed by atoms with Crippen LogP contribution in [0.4, 0.5) is 0 Å². The van der Waals surface area contributed by atoms with E-state index in [0.29, 0.717) is 6.29 Å². The topological polar surface area (TPSA) is 37.3 Å². The number of benzene rings is 1. The summed E-state index contributed by atoms with van der Waals surface area (Å²) in [5, 5.41) is 9.34. The van der Waals surface area contributed by atoms with Gasteiger partial charge in [-0.3, -0.25) is 4.79 Å². The third kappa shape index (κ3) is 1.50. The summed E-state index contributed by atoms with van der Waals surface area (Å²) in [4.78, 5) is 10.6. The Bertz CT molecular complexity index is 349. The van der Waals surface area contributed by atoms with E-state index in [9.17, 15) is 9.90 Å². The molecule has 0 atom stereocenters. The maximum atomic E-state index is 10.5. The highest BCUT2D eigenvalue weighted by molar-refractivity contribution is 7.80. The molecule has 0 heterocycles. The summed E-state index contributed by atoms with van der Waals surface area (Å²) in [6.45, 7) is 0. The molecule has 0 aliphatic rings. The number of aromatic hydroxyl groups is 1. The van der Waals surface area contributed by atoms with Crippen LogP contribution in [0.1, 0.15) is 10.4 Å².